The van der Waals surface area contributed by atoms with E-state index < -0.39 is 0 Å². The number of ether oxygens (including phenoxy) is 1. The standard InChI is InChI=1S/C18H18BrNO3/c1-13(21)14-8-10-15(11-9-14)23-12-4-7-18(22)20-17-6-3-2-5-16(17)19/h2-3,5-6,8-11H,4,7,12H2,1H3,(H,20,22). The zero-order chi connectivity index (χ0) is 16.7. The SMILES string of the molecule is CC(=O)c1ccc(OCCCC(=O)Nc2ccccc2Br)cc1. The smallest absolute Gasteiger partial charge is 0.224 e. The number of halogens is 1. The molecule has 1 amide bonds. The third kappa shape index (κ3) is 5.53. The van der Waals surface area contributed by atoms with Crippen LogP contribution in [0.15, 0.2) is 53.0 Å². The third-order valence-corrected chi connectivity index (χ3v) is 3.92. The van der Waals surface area contributed by atoms with Gasteiger partial charge in [-0.25, -0.2) is 0 Å². The van der Waals surface area contributed by atoms with Crippen molar-refractivity contribution in [3.63, 3.8) is 0 Å². The second-order valence-corrected chi connectivity index (χ2v) is 5.91. The summed E-state index contributed by atoms with van der Waals surface area (Å²) in [5.41, 5.74) is 1.42. The van der Waals surface area contributed by atoms with E-state index in [2.05, 4.69) is 21.2 Å². The number of Topliss-reactive ketones (excluding diaryl/α,β-unsaturated/α-hetero) is 1. The molecule has 0 aliphatic heterocycles. The Labute approximate surface area is 144 Å². The van der Waals surface area contributed by atoms with Crippen molar-refractivity contribution in [2.75, 3.05) is 11.9 Å². The molecule has 0 spiro atoms. The molecule has 2 rings (SSSR count). The van der Waals surface area contributed by atoms with Gasteiger partial charge in [-0.2, -0.15) is 0 Å². The highest BCUT2D eigenvalue weighted by atomic mass is 79.9. The molecule has 0 heterocycles. The van der Waals surface area contributed by atoms with Crippen LogP contribution >= 0.6 is 15.9 Å². The molecule has 23 heavy (non-hydrogen) atoms. The molecular formula is C18H18BrNO3. The van der Waals surface area contributed by atoms with Crippen LogP contribution in [0.25, 0.3) is 0 Å². The van der Waals surface area contributed by atoms with Gasteiger partial charge >= 0.3 is 0 Å². The average molecular weight is 376 g/mol. The van der Waals surface area contributed by atoms with Crippen LogP contribution in [0.3, 0.4) is 0 Å². The van der Waals surface area contributed by atoms with E-state index in [4.69, 9.17) is 4.74 Å². The van der Waals surface area contributed by atoms with E-state index in [1.807, 2.05) is 24.3 Å². The number of ketones is 1. The van der Waals surface area contributed by atoms with Crippen molar-refractivity contribution in [1.29, 1.82) is 0 Å². The lowest BCUT2D eigenvalue weighted by atomic mass is 10.1. The maximum Gasteiger partial charge on any atom is 0.224 e. The summed E-state index contributed by atoms with van der Waals surface area (Å²) in [5.74, 6) is 0.675. The lowest BCUT2D eigenvalue weighted by molar-refractivity contribution is -0.116. The second kappa shape index (κ2) is 8.48. The topological polar surface area (TPSA) is 55.4 Å². The van der Waals surface area contributed by atoms with Gasteiger partial charge in [0.05, 0.1) is 12.3 Å². The first-order valence-corrected chi connectivity index (χ1v) is 8.14. The molecule has 1 N–H and O–H groups in total. The van der Waals surface area contributed by atoms with Gasteiger partial charge in [0.25, 0.3) is 0 Å². The van der Waals surface area contributed by atoms with E-state index in [0.29, 0.717) is 30.8 Å². The van der Waals surface area contributed by atoms with Crippen molar-refractivity contribution in [1.82, 2.24) is 0 Å². The van der Waals surface area contributed by atoms with Crippen molar-refractivity contribution in [2.45, 2.75) is 19.8 Å². The Kier molecular flexibility index (Phi) is 6.35. The van der Waals surface area contributed by atoms with Gasteiger partial charge in [-0.15, -0.1) is 0 Å². The Morgan fingerprint density at radius 2 is 1.78 bits per heavy atom. The van der Waals surface area contributed by atoms with Crippen molar-refractivity contribution >= 4 is 33.3 Å². The Bertz CT molecular complexity index is 683. The van der Waals surface area contributed by atoms with E-state index in [9.17, 15) is 9.59 Å². The first-order valence-electron chi connectivity index (χ1n) is 7.34. The summed E-state index contributed by atoms with van der Waals surface area (Å²) in [4.78, 5) is 23.0. The highest BCUT2D eigenvalue weighted by molar-refractivity contribution is 9.10. The molecule has 2 aromatic rings. The number of carbonyl (C=O) groups excluding carboxylic acids is 2. The molecule has 0 atom stereocenters. The minimum absolute atomic E-state index is 0.0280. The monoisotopic (exact) mass is 375 g/mol. The van der Waals surface area contributed by atoms with Crippen molar-refractivity contribution in [3.05, 3.63) is 58.6 Å². The molecule has 0 aliphatic rings. The summed E-state index contributed by atoms with van der Waals surface area (Å²) in [7, 11) is 0. The first kappa shape index (κ1) is 17.2. The van der Waals surface area contributed by atoms with Crippen LogP contribution in [0, 0.1) is 0 Å². The van der Waals surface area contributed by atoms with Crippen LogP contribution in [-0.4, -0.2) is 18.3 Å². The molecule has 5 heteroatoms. The largest absolute Gasteiger partial charge is 0.494 e. The van der Waals surface area contributed by atoms with E-state index in [1.165, 1.54) is 6.92 Å². The summed E-state index contributed by atoms with van der Waals surface area (Å²) in [6.07, 6.45) is 0.998. The number of nitrogens with one attached hydrogen (secondary N) is 1. The molecule has 0 saturated heterocycles. The molecule has 0 fully saturated rings. The number of hydrogen-bond donors (Lipinski definition) is 1. The van der Waals surface area contributed by atoms with E-state index in [0.717, 1.165) is 10.2 Å². The van der Waals surface area contributed by atoms with Gasteiger partial charge in [0.1, 0.15) is 5.75 Å². The lowest BCUT2D eigenvalue weighted by Crippen LogP contribution is -2.13. The fourth-order valence-corrected chi connectivity index (χ4v) is 2.37. The third-order valence-electron chi connectivity index (χ3n) is 3.23. The van der Waals surface area contributed by atoms with Crippen LogP contribution in [-0.2, 0) is 4.79 Å². The number of amides is 1. The fourth-order valence-electron chi connectivity index (χ4n) is 1.98. The molecule has 0 saturated carbocycles. The zero-order valence-corrected chi connectivity index (χ0v) is 14.4. The first-order chi connectivity index (χ1) is 11.1. The zero-order valence-electron chi connectivity index (χ0n) is 12.8. The van der Waals surface area contributed by atoms with Gasteiger partial charge < -0.3 is 10.1 Å². The molecule has 0 aliphatic carbocycles. The van der Waals surface area contributed by atoms with E-state index in [1.54, 1.807) is 24.3 Å². The van der Waals surface area contributed by atoms with E-state index in [-0.39, 0.29) is 11.7 Å². The molecular weight excluding hydrogens is 358 g/mol. The van der Waals surface area contributed by atoms with Gasteiger partial charge in [0, 0.05) is 16.5 Å². The summed E-state index contributed by atoms with van der Waals surface area (Å²) < 4.78 is 6.42. The van der Waals surface area contributed by atoms with Gasteiger partial charge in [-0.3, -0.25) is 9.59 Å². The average Bonchev–Trinajstić information content (AvgIpc) is 2.54. The van der Waals surface area contributed by atoms with Crippen molar-refractivity contribution in [3.8, 4) is 5.75 Å². The number of para-hydroxylation sites is 1. The molecule has 2 aromatic carbocycles. The molecule has 0 aromatic heterocycles. The number of benzene rings is 2. The Morgan fingerprint density at radius 1 is 1.09 bits per heavy atom. The highest BCUT2D eigenvalue weighted by Crippen LogP contribution is 2.21. The van der Waals surface area contributed by atoms with Gasteiger partial charge in [-0.1, -0.05) is 12.1 Å². The molecule has 0 bridgehead atoms. The van der Waals surface area contributed by atoms with Crippen LogP contribution in [0.5, 0.6) is 5.75 Å². The van der Waals surface area contributed by atoms with Crippen molar-refractivity contribution in [2.24, 2.45) is 0 Å². The molecule has 4 nitrogen and oxygen atoms in total. The van der Waals surface area contributed by atoms with Crippen molar-refractivity contribution < 1.29 is 14.3 Å². The minimum Gasteiger partial charge on any atom is -0.494 e. The summed E-state index contributed by atoms with van der Waals surface area (Å²) in [5, 5.41) is 2.85. The fraction of sp³-hybridized carbons (Fsp3) is 0.222. The number of anilines is 1. The summed E-state index contributed by atoms with van der Waals surface area (Å²) in [6.45, 7) is 1.97. The lowest BCUT2D eigenvalue weighted by Gasteiger charge is -2.08. The summed E-state index contributed by atoms with van der Waals surface area (Å²) in [6, 6.07) is 14.5. The maximum atomic E-state index is 11.9. The van der Waals surface area contributed by atoms with E-state index >= 15 is 0 Å². The van der Waals surface area contributed by atoms with Crippen LogP contribution in [0.1, 0.15) is 30.1 Å². The normalized spacial score (nSPS) is 10.2. The second-order valence-electron chi connectivity index (χ2n) is 5.06. The minimum atomic E-state index is -0.0487. The van der Waals surface area contributed by atoms with Gasteiger partial charge in [-0.05, 0) is 65.7 Å². The quantitative estimate of drug-likeness (QED) is 0.574. The number of carbonyl (C=O) groups is 2. The van der Waals surface area contributed by atoms with Crippen LogP contribution in [0.2, 0.25) is 0 Å². The molecule has 120 valence electrons. The predicted octanol–water partition coefficient (Wildman–Crippen LogP) is 4.45. The Morgan fingerprint density at radius 3 is 2.43 bits per heavy atom. The van der Waals surface area contributed by atoms with Gasteiger partial charge in [0.15, 0.2) is 5.78 Å². The highest BCUT2D eigenvalue weighted by Gasteiger charge is 2.05. The Balaban J connectivity index is 1.71. The van der Waals surface area contributed by atoms with Gasteiger partial charge in [0.2, 0.25) is 5.91 Å². The number of rotatable bonds is 7. The summed E-state index contributed by atoms with van der Waals surface area (Å²) >= 11 is 3.39. The molecule has 0 radical (unpaired) electrons. The predicted molar refractivity (Wildman–Crippen MR) is 93.9 cm³/mol. The Hall–Kier alpha value is -2.14. The maximum absolute atomic E-state index is 11.9. The number of hydrogen-bond acceptors (Lipinski definition) is 3. The van der Waals surface area contributed by atoms with Crippen LogP contribution < -0.4 is 10.1 Å². The molecule has 0 unspecified atom stereocenters. The van der Waals surface area contributed by atoms with Crippen LogP contribution in [0.4, 0.5) is 5.69 Å².